The minimum Gasteiger partial charge on any atom is -0.480 e. The van der Waals surface area contributed by atoms with Crippen LogP contribution in [0.2, 0.25) is 0 Å². The van der Waals surface area contributed by atoms with E-state index in [1.165, 1.54) is 0 Å². The Morgan fingerprint density at radius 3 is 2.21 bits per heavy atom. The number of carboxylic acid groups (broad SMARTS) is 1. The van der Waals surface area contributed by atoms with Crippen molar-refractivity contribution >= 4 is 53.1 Å². The van der Waals surface area contributed by atoms with Gasteiger partial charge in [0.05, 0.1) is 12.5 Å². The fraction of sp³-hybridized carbons (Fsp3) is 0.458. The highest BCUT2D eigenvalue weighted by atomic mass is 32.1. The summed E-state index contributed by atoms with van der Waals surface area (Å²) in [5.74, 6) is -4.45. The first-order valence-corrected chi connectivity index (χ1v) is 12.7. The molecule has 11 N–H and O–H groups in total. The van der Waals surface area contributed by atoms with Gasteiger partial charge in [-0.1, -0.05) is 18.2 Å². The Bertz CT molecular complexity index is 1140. The number of H-pyrrole nitrogens is 1. The molecule has 13 nitrogen and oxygen atoms in total. The van der Waals surface area contributed by atoms with Crippen molar-refractivity contribution in [3.8, 4) is 0 Å². The van der Waals surface area contributed by atoms with Crippen LogP contribution in [0.3, 0.4) is 0 Å². The molecule has 2 rings (SSSR count). The molecule has 1 aromatic heterocycles. The van der Waals surface area contributed by atoms with Gasteiger partial charge in [0.1, 0.15) is 18.1 Å². The van der Waals surface area contributed by atoms with E-state index in [0.29, 0.717) is 24.9 Å². The average Bonchev–Trinajstić information content (AvgIpc) is 3.29. The van der Waals surface area contributed by atoms with Crippen molar-refractivity contribution in [2.75, 3.05) is 12.3 Å². The number of carboxylic acids is 1. The Kier molecular flexibility index (Phi) is 12.0. The van der Waals surface area contributed by atoms with Gasteiger partial charge in [-0.15, -0.1) is 0 Å². The molecule has 0 spiro atoms. The van der Waals surface area contributed by atoms with Crippen LogP contribution in [0.4, 0.5) is 0 Å². The molecule has 0 aliphatic heterocycles. The van der Waals surface area contributed by atoms with Gasteiger partial charge in [-0.25, -0.2) is 4.79 Å². The Morgan fingerprint density at radius 1 is 0.947 bits per heavy atom. The second-order valence-electron chi connectivity index (χ2n) is 8.83. The predicted molar refractivity (Wildman–Crippen MR) is 144 cm³/mol. The smallest absolute Gasteiger partial charge is 0.326 e. The van der Waals surface area contributed by atoms with E-state index in [-0.39, 0.29) is 18.6 Å². The lowest BCUT2D eigenvalue weighted by molar-refractivity contribution is -0.142. The summed E-state index contributed by atoms with van der Waals surface area (Å²) in [5.41, 5.74) is 17.9. The molecule has 4 unspecified atom stereocenters. The summed E-state index contributed by atoms with van der Waals surface area (Å²) in [6.07, 6.45) is 2.33. The average molecular weight is 550 g/mol. The van der Waals surface area contributed by atoms with Crippen molar-refractivity contribution in [3.05, 3.63) is 36.0 Å². The van der Waals surface area contributed by atoms with Crippen molar-refractivity contribution in [2.24, 2.45) is 17.2 Å². The molecule has 0 saturated heterocycles. The van der Waals surface area contributed by atoms with Gasteiger partial charge in [0.2, 0.25) is 23.6 Å². The number of unbranched alkanes of at least 4 members (excludes halogenated alkanes) is 1. The number of aliphatic carboxylic acids is 1. The van der Waals surface area contributed by atoms with Gasteiger partial charge in [0.25, 0.3) is 0 Å². The van der Waals surface area contributed by atoms with E-state index >= 15 is 0 Å². The summed E-state index contributed by atoms with van der Waals surface area (Å²) >= 11 is 3.95. The molecule has 14 heteroatoms. The molecule has 0 radical (unpaired) electrons. The molecule has 0 saturated carbocycles. The van der Waals surface area contributed by atoms with E-state index in [4.69, 9.17) is 17.2 Å². The molecule has 4 atom stereocenters. The molecular formula is C24H35N7O6S. The molecule has 0 bridgehead atoms. The van der Waals surface area contributed by atoms with Gasteiger partial charge in [-0.3, -0.25) is 19.2 Å². The number of aromatic amines is 1. The molecule has 208 valence electrons. The quantitative estimate of drug-likeness (QED) is 0.0881. The minimum absolute atomic E-state index is 0.00980. The molecule has 38 heavy (non-hydrogen) atoms. The first-order valence-electron chi connectivity index (χ1n) is 12.1. The number of para-hydroxylation sites is 1. The van der Waals surface area contributed by atoms with Crippen molar-refractivity contribution in [3.63, 3.8) is 0 Å². The highest BCUT2D eigenvalue weighted by Crippen LogP contribution is 2.19. The summed E-state index contributed by atoms with van der Waals surface area (Å²) in [4.78, 5) is 65.1. The second kappa shape index (κ2) is 15.0. The summed E-state index contributed by atoms with van der Waals surface area (Å²) < 4.78 is 0. The Morgan fingerprint density at radius 2 is 1.58 bits per heavy atom. The van der Waals surface area contributed by atoms with Gasteiger partial charge in [-0.2, -0.15) is 12.6 Å². The molecule has 0 aliphatic carbocycles. The van der Waals surface area contributed by atoms with Gasteiger partial charge in [-0.05, 0) is 37.4 Å². The molecule has 4 amide bonds. The third kappa shape index (κ3) is 9.04. The number of fused-ring (bicyclic) bond motifs is 1. The second-order valence-corrected chi connectivity index (χ2v) is 9.19. The number of benzene rings is 1. The number of primary amides is 1. The third-order valence-electron chi connectivity index (χ3n) is 5.87. The number of hydrogen-bond donors (Lipinski definition) is 9. The fourth-order valence-electron chi connectivity index (χ4n) is 3.80. The first-order chi connectivity index (χ1) is 18.1. The molecule has 0 fully saturated rings. The van der Waals surface area contributed by atoms with E-state index in [1.807, 2.05) is 24.3 Å². The maximum atomic E-state index is 13.3. The van der Waals surface area contributed by atoms with E-state index in [9.17, 15) is 29.1 Å². The van der Waals surface area contributed by atoms with Crippen LogP contribution in [-0.2, 0) is 30.4 Å². The van der Waals surface area contributed by atoms with Gasteiger partial charge in [0.15, 0.2) is 0 Å². The number of nitrogens with one attached hydrogen (secondary N) is 4. The zero-order valence-electron chi connectivity index (χ0n) is 20.8. The van der Waals surface area contributed by atoms with Crippen LogP contribution in [0, 0.1) is 0 Å². The molecule has 1 aromatic carbocycles. The number of nitrogens with two attached hydrogens (primary N) is 3. The monoisotopic (exact) mass is 549 g/mol. The normalized spacial score (nSPS) is 14.2. The van der Waals surface area contributed by atoms with Crippen LogP contribution < -0.4 is 33.2 Å². The number of thiol groups is 1. The number of aromatic nitrogens is 1. The zero-order valence-corrected chi connectivity index (χ0v) is 21.7. The standard InChI is InChI=1S/C24H35N7O6S/c25-8-4-3-7-17(24(36)37)29-22(34)18(9-13-11-28-16-6-2-1-5-14(13)16)31-23(35)19(10-20(27)32)30-21(33)15(26)12-38/h1-2,5-6,11,15,17-19,28,38H,3-4,7-10,12,25-26H2,(H2,27,32)(H,29,34)(H,30,33)(H,31,35)(H,36,37). The molecule has 2 aromatic rings. The highest BCUT2D eigenvalue weighted by molar-refractivity contribution is 7.80. The first kappa shape index (κ1) is 30.6. The van der Waals surface area contributed by atoms with E-state index in [1.54, 1.807) is 6.20 Å². The van der Waals surface area contributed by atoms with Gasteiger partial charge < -0.3 is 43.2 Å². The number of carbonyl (C=O) groups is 5. The number of rotatable bonds is 16. The zero-order chi connectivity index (χ0) is 28.2. The summed E-state index contributed by atoms with van der Waals surface area (Å²) in [6.45, 7) is 0.378. The van der Waals surface area contributed by atoms with Crippen LogP contribution >= 0.6 is 12.6 Å². The van der Waals surface area contributed by atoms with Crippen LogP contribution in [0.1, 0.15) is 31.2 Å². The molecule has 0 aliphatic rings. The predicted octanol–water partition coefficient (Wildman–Crippen LogP) is -1.49. The topological polar surface area (TPSA) is 236 Å². The Labute approximate surface area is 225 Å². The highest BCUT2D eigenvalue weighted by Gasteiger charge is 2.31. The van der Waals surface area contributed by atoms with Gasteiger partial charge >= 0.3 is 5.97 Å². The van der Waals surface area contributed by atoms with Gasteiger partial charge in [0, 0.05) is 29.3 Å². The summed E-state index contributed by atoms with van der Waals surface area (Å²) in [6, 6.07) is 2.41. The third-order valence-corrected chi connectivity index (χ3v) is 6.26. The molecule has 1 heterocycles. The van der Waals surface area contributed by atoms with Crippen molar-refractivity contribution in [1.82, 2.24) is 20.9 Å². The lowest BCUT2D eigenvalue weighted by atomic mass is 10.0. The maximum Gasteiger partial charge on any atom is 0.326 e. The summed E-state index contributed by atoms with van der Waals surface area (Å²) in [7, 11) is 0. The van der Waals surface area contributed by atoms with Crippen molar-refractivity contribution < 1.29 is 29.1 Å². The largest absolute Gasteiger partial charge is 0.480 e. The van der Waals surface area contributed by atoms with Crippen molar-refractivity contribution in [2.45, 2.75) is 56.3 Å². The lowest BCUT2D eigenvalue weighted by Crippen LogP contribution is -2.58. The van der Waals surface area contributed by atoms with Crippen LogP contribution in [0.15, 0.2) is 30.5 Å². The van der Waals surface area contributed by atoms with E-state index in [2.05, 4.69) is 33.6 Å². The lowest BCUT2D eigenvalue weighted by Gasteiger charge is -2.24. The Hall–Kier alpha value is -3.62. The van der Waals surface area contributed by atoms with E-state index in [0.717, 1.165) is 10.9 Å². The van der Waals surface area contributed by atoms with E-state index < -0.39 is 60.2 Å². The number of amides is 4. The number of hydrogen-bond acceptors (Lipinski definition) is 8. The maximum absolute atomic E-state index is 13.3. The SMILES string of the molecule is NCCCCC(NC(=O)C(Cc1c[nH]c2ccccc12)NC(=O)C(CC(N)=O)NC(=O)C(N)CS)C(=O)O. The van der Waals surface area contributed by atoms with Crippen LogP contribution in [0.25, 0.3) is 10.9 Å². The fourth-order valence-corrected chi connectivity index (χ4v) is 3.96. The number of carbonyl (C=O) groups excluding carboxylic acids is 4. The summed E-state index contributed by atoms with van der Waals surface area (Å²) in [5, 5.41) is 17.8. The molecular weight excluding hydrogens is 514 g/mol. The van der Waals surface area contributed by atoms with Crippen molar-refractivity contribution in [1.29, 1.82) is 0 Å². The van der Waals surface area contributed by atoms with Crippen LogP contribution in [-0.4, -0.2) is 76.2 Å². The minimum atomic E-state index is -1.41. The van der Waals surface area contributed by atoms with Crippen LogP contribution in [0.5, 0.6) is 0 Å². The Balaban J connectivity index is 2.31.